The molecule has 0 saturated heterocycles. The summed E-state index contributed by atoms with van der Waals surface area (Å²) < 4.78 is 7.69. The third-order valence-electron chi connectivity index (χ3n) is 4.60. The van der Waals surface area contributed by atoms with E-state index in [1.54, 1.807) is 30.3 Å². The quantitative estimate of drug-likeness (QED) is 0.341. The van der Waals surface area contributed by atoms with E-state index in [-0.39, 0.29) is 23.8 Å². The molecule has 0 aliphatic rings. The molecule has 0 unspecified atom stereocenters. The maximum Gasteiger partial charge on any atom is 0.250 e. The Morgan fingerprint density at radius 2 is 1.94 bits per heavy atom. The molecule has 1 aromatic heterocycles. The number of nitrogens with one attached hydrogen (secondary N) is 1. The lowest BCUT2D eigenvalue weighted by Crippen LogP contribution is -2.19. The van der Waals surface area contributed by atoms with Crippen LogP contribution in [-0.4, -0.2) is 32.3 Å². The summed E-state index contributed by atoms with van der Waals surface area (Å²) >= 11 is 1.23. The molecule has 0 atom stereocenters. The van der Waals surface area contributed by atoms with Gasteiger partial charge in [-0.15, -0.1) is 16.8 Å². The zero-order valence-corrected chi connectivity index (χ0v) is 18.6. The van der Waals surface area contributed by atoms with E-state index in [0.717, 1.165) is 12.2 Å². The van der Waals surface area contributed by atoms with E-state index < -0.39 is 5.91 Å². The highest BCUT2D eigenvalue weighted by atomic mass is 32.2. The molecule has 8 nitrogen and oxygen atoms in total. The fourth-order valence-electron chi connectivity index (χ4n) is 2.94. The van der Waals surface area contributed by atoms with Crippen molar-refractivity contribution in [2.75, 3.05) is 11.1 Å². The minimum atomic E-state index is -0.603. The number of allylic oxidation sites excluding steroid dienone is 1. The van der Waals surface area contributed by atoms with Gasteiger partial charge in [-0.1, -0.05) is 49.0 Å². The SMILES string of the molecule is C=CCn1c(COc2ccc(CC)cc2)nnc1SCC(=O)Nc1ccccc1C(N)=O. The van der Waals surface area contributed by atoms with Crippen molar-refractivity contribution in [3.8, 4) is 5.75 Å². The first kappa shape index (κ1) is 23.1. The highest BCUT2D eigenvalue weighted by molar-refractivity contribution is 7.99. The first-order valence-electron chi connectivity index (χ1n) is 10.1. The normalized spacial score (nSPS) is 10.5. The largest absolute Gasteiger partial charge is 0.486 e. The van der Waals surface area contributed by atoms with E-state index in [1.807, 2.05) is 28.8 Å². The van der Waals surface area contributed by atoms with E-state index in [9.17, 15) is 9.59 Å². The molecule has 166 valence electrons. The second-order valence-electron chi connectivity index (χ2n) is 6.83. The van der Waals surface area contributed by atoms with Crippen LogP contribution in [0.2, 0.25) is 0 Å². The van der Waals surface area contributed by atoms with Gasteiger partial charge in [-0.05, 0) is 36.2 Å². The minimum Gasteiger partial charge on any atom is -0.486 e. The molecule has 0 aliphatic heterocycles. The van der Waals surface area contributed by atoms with E-state index in [1.165, 1.54) is 17.3 Å². The van der Waals surface area contributed by atoms with Gasteiger partial charge in [0.25, 0.3) is 5.91 Å². The van der Waals surface area contributed by atoms with Crippen LogP contribution >= 0.6 is 11.8 Å². The number of hydrogen-bond acceptors (Lipinski definition) is 6. The van der Waals surface area contributed by atoms with Gasteiger partial charge in [0.2, 0.25) is 5.91 Å². The number of primary amides is 1. The minimum absolute atomic E-state index is 0.0850. The smallest absolute Gasteiger partial charge is 0.250 e. The average molecular weight is 452 g/mol. The summed E-state index contributed by atoms with van der Waals surface area (Å²) in [6.07, 6.45) is 2.70. The summed E-state index contributed by atoms with van der Waals surface area (Å²) in [4.78, 5) is 23.9. The first-order chi connectivity index (χ1) is 15.5. The van der Waals surface area contributed by atoms with Gasteiger partial charge >= 0.3 is 0 Å². The highest BCUT2D eigenvalue weighted by Gasteiger charge is 2.15. The Labute approximate surface area is 190 Å². The number of carbonyl (C=O) groups is 2. The number of ether oxygens (including phenoxy) is 1. The number of nitrogens with zero attached hydrogens (tertiary/aromatic N) is 3. The average Bonchev–Trinajstić information content (AvgIpc) is 3.18. The van der Waals surface area contributed by atoms with Gasteiger partial charge in [0.15, 0.2) is 11.0 Å². The Hall–Kier alpha value is -3.59. The van der Waals surface area contributed by atoms with Crippen LogP contribution in [-0.2, 0) is 24.4 Å². The fourth-order valence-corrected chi connectivity index (χ4v) is 3.70. The standard InChI is InChI=1S/C23H25N5O3S/c1-3-13-28-20(14-31-17-11-9-16(4-2)10-12-17)26-27-23(28)32-15-21(29)25-19-8-6-5-7-18(19)22(24)30/h3,5-12H,1,4,13-15H2,2H3,(H2,24,30)(H,25,29). The molecule has 0 bridgehead atoms. The summed E-state index contributed by atoms with van der Waals surface area (Å²) in [7, 11) is 0. The molecule has 2 aromatic carbocycles. The van der Waals surface area contributed by atoms with Crippen molar-refractivity contribution in [1.29, 1.82) is 0 Å². The Bertz CT molecular complexity index is 1100. The summed E-state index contributed by atoms with van der Waals surface area (Å²) in [6.45, 7) is 6.61. The number of carbonyl (C=O) groups excluding carboxylic acids is 2. The molecule has 3 rings (SSSR count). The number of hydrogen-bond donors (Lipinski definition) is 2. The van der Waals surface area contributed by atoms with Crippen LogP contribution in [0.15, 0.2) is 66.3 Å². The number of benzene rings is 2. The van der Waals surface area contributed by atoms with Crippen LogP contribution in [0.1, 0.15) is 28.7 Å². The third kappa shape index (κ3) is 5.98. The second-order valence-corrected chi connectivity index (χ2v) is 7.77. The van der Waals surface area contributed by atoms with Crippen LogP contribution in [0.5, 0.6) is 5.75 Å². The van der Waals surface area contributed by atoms with Crippen molar-refractivity contribution < 1.29 is 14.3 Å². The lowest BCUT2D eigenvalue weighted by atomic mass is 10.1. The monoisotopic (exact) mass is 451 g/mol. The molecular formula is C23H25N5O3S. The molecule has 0 aliphatic carbocycles. The van der Waals surface area contributed by atoms with Crippen molar-refractivity contribution in [3.63, 3.8) is 0 Å². The molecule has 3 N–H and O–H groups in total. The van der Waals surface area contributed by atoms with Crippen molar-refractivity contribution in [3.05, 3.63) is 78.1 Å². The molecule has 0 fully saturated rings. The van der Waals surface area contributed by atoms with Crippen LogP contribution in [0, 0.1) is 0 Å². The van der Waals surface area contributed by atoms with Gasteiger partial charge in [-0.3, -0.25) is 14.2 Å². The zero-order valence-electron chi connectivity index (χ0n) is 17.8. The Balaban J connectivity index is 1.62. The fraction of sp³-hybridized carbons (Fsp3) is 0.217. The number of rotatable bonds is 11. The predicted octanol–water partition coefficient (Wildman–Crippen LogP) is 3.44. The van der Waals surface area contributed by atoms with Crippen LogP contribution < -0.4 is 15.8 Å². The second kappa shape index (κ2) is 11.1. The zero-order chi connectivity index (χ0) is 22.9. The molecule has 9 heteroatoms. The van der Waals surface area contributed by atoms with Crippen molar-refractivity contribution in [2.45, 2.75) is 31.7 Å². The summed E-state index contributed by atoms with van der Waals surface area (Å²) in [6, 6.07) is 14.5. The van der Waals surface area contributed by atoms with E-state index in [2.05, 4.69) is 29.0 Å². The van der Waals surface area contributed by atoms with Gasteiger partial charge in [-0.25, -0.2) is 0 Å². The number of nitrogens with two attached hydrogens (primary N) is 1. The molecule has 32 heavy (non-hydrogen) atoms. The predicted molar refractivity (Wildman–Crippen MR) is 125 cm³/mol. The van der Waals surface area contributed by atoms with Crippen LogP contribution in [0.4, 0.5) is 5.69 Å². The Morgan fingerprint density at radius 1 is 1.19 bits per heavy atom. The van der Waals surface area contributed by atoms with E-state index in [0.29, 0.717) is 23.2 Å². The molecule has 0 saturated carbocycles. The summed E-state index contributed by atoms with van der Waals surface area (Å²) in [5.41, 5.74) is 7.23. The molecule has 0 radical (unpaired) electrons. The van der Waals surface area contributed by atoms with Crippen molar-refractivity contribution >= 4 is 29.3 Å². The molecule has 3 aromatic rings. The highest BCUT2D eigenvalue weighted by Crippen LogP contribution is 2.21. The lowest BCUT2D eigenvalue weighted by Gasteiger charge is -2.10. The van der Waals surface area contributed by atoms with Gasteiger partial charge in [0.05, 0.1) is 17.0 Å². The number of thioether (sulfide) groups is 1. The van der Waals surface area contributed by atoms with Gasteiger partial charge in [0, 0.05) is 6.54 Å². The van der Waals surface area contributed by atoms with E-state index in [4.69, 9.17) is 10.5 Å². The van der Waals surface area contributed by atoms with Crippen molar-refractivity contribution in [1.82, 2.24) is 14.8 Å². The number of anilines is 1. The van der Waals surface area contributed by atoms with Crippen molar-refractivity contribution in [2.24, 2.45) is 5.73 Å². The molecular weight excluding hydrogens is 426 g/mol. The van der Waals surface area contributed by atoms with Gasteiger partial charge < -0.3 is 15.8 Å². The Morgan fingerprint density at radius 3 is 2.62 bits per heavy atom. The maximum absolute atomic E-state index is 12.4. The van der Waals surface area contributed by atoms with Crippen LogP contribution in [0.3, 0.4) is 0 Å². The maximum atomic E-state index is 12.4. The topological polar surface area (TPSA) is 112 Å². The Kier molecular flexibility index (Phi) is 8.04. The summed E-state index contributed by atoms with van der Waals surface area (Å²) in [5, 5.41) is 11.7. The number of para-hydroxylation sites is 1. The molecule has 1 heterocycles. The number of aryl methyl sites for hydroxylation is 1. The van der Waals surface area contributed by atoms with Crippen LogP contribution in [0.25, 0.3) is 0 Å². The third-order valence-corrected chi connectivity index (χ3v) is 5.57. The number of amides is 2. The van der Waals surface area contributed by atoms with E-state index >= 15 is 0 Å². The first-order valence-corrected chi connectivity index (χ1v) is 11.1. The molecule has 2 amide bonds. The van der Waals surface area contributed by atoms with Gasteiger partial charge in [-0.2, -0.15) is 0 Å². The summed E-state index contributed by atoms with van der Waals surface area (Å²) in [5.74, 6) is 0.573. The number of aromatic nitrogens is 3. The van der Waals surface area contributed by atoms with Gasteiger partial charge in [0.1, 0.15) is 12.4 Å². The molecule has 0 spiro atoms. The lowest BCUT2D eigenvalue weighted by molar-refractivity contribution is -0.113.